The third kappa shape index (κ3) is 3.21. The second kappa shape index (κ2) is 6.30. The van der Waals surface area contributed by atoms with Crippen molar-refractivity contribution in [2.45, 2.75) is 25.9 Å². The number of benzene rings is 1. The van der Waals surface area contributed by atoms with Gasteiger partial charge in [0.1, 0.15) is 5.69 Å². The highest BCUT2D eigenvalue weighted by atomic mass is 19.4. The number of aromatic nitrogens is 2. The number of hydrogen-bond donors (Lipinski definition) is 1. The number of halogens is 3. The van der Waals surface area contributed by atoms with Crippen molar-refractivity contribution in [1.29, 1.82) is 0 Å². The first kappa shape index (κ1) is 17.4. The molecule has 10 heteroatoms. The van der Waals surface area contributed by atoms with Crippen molar-refractivity contribution in [3.63, 3.8) is 0 Å². The van der Waals surface area contributed by atoms with E-state index in [0.717, 1.165) is 28.9 Å². The third-order valence-corrected chi connectivity index (χ3v) is 3.24. The van der Waals surface area contributed by atoms with Crippen LogP contribution in [0.3, 0.4) is 0 Å². The summed E-state index contributed by atoms with van der Waals surface area (Å²) in [6.45, 7) is 1.74. The molecule has 1 aromatic heterocycles. The zero-order valence-corrected chi connectivity index (χ0v) is 12.4. The molecule has 1 heterocycles. The summed E-state index contributed by atoms with van der Waals surface area (Å²) < 4.78 is 38.6. The Kier molecular flexibility index (Phi) is 4.58. The predicted molar refractivity (Wildman–Crippen MR) is 76.2 cm³/mol. The number of nitro groups is 1. The highest BCUT2D eigenvalue weighted by Crippen LogP contribution is 2.31. The number of alkyl halides is 3. The van der Waals surface area contributed by atoms with Gasteiger partial charge in [-0.2, -0.15) is 18.3 Å². The second-order valence-electron chi connectivity index (χ2n) is 4.91. The van der Waals surface area contributed by atoms with Crippen molar-refractivity contribution < 1.29 is 28.0 Å². The predicted octanol–water partition coefficient (Wildman–Crippen LogP) is 3.45. The second-order valence-corrected chi connectivity index (χ2v) is 4.91. The molecule has 0 saturated carbocycles. The molecule has 0 atom stereocenters. The zero-order chi connectivity index (χ0) is 18.1. The molecule has 0 spiro atoms. The molecular weight excluding hydrogens is 331 g/mol. The smallest absolute Gasteiger partial charge is 0.416 e. The molecule has 128 valence electrons. The molecule has 0 radical (unpaired) electrons. The molecule has 0 aliphatic heterocycles. The molecule has 0 aliphatic carbocycles. The summed E-state index contributed by atoms with van der Waals surface area (Å²) in [7, 11) is 0. The minimum atomic E-state index is -4.54. The highest BCUT2D eigenvalue weighted by molar-refractivity contribution is 5.91. The number of carbonyl (C=O) groups is 1. The third-order valence-electron chi connectivity index (χ3n) is 3.24. The summed E-state index contributed by atoms with van der Waals surface area (Å²) >= 11 is 0. The number of carboxylic acids is 1. The van der Waals surface area contributed by atoms with Crippen LogP contribution in [0.5, 0.6) is 0 Å². The van der Waals surface area contributed by atoms with E-state index in [0.29, 0.717) is 6.42 Å². The molecular formula is C14H12F3N3O4. The van der Waals surface area contributed by atoms with E-state index in [4.69, 9.17) is 0 Å². The molecule has 24 heavy (non-hydrogen) atoms. The lowest BCUT2D eigenvalue weighted by Gasteiger charge is -2.08. The minimum absolute atomic E-state index is 0.00847. The van der Waals surface area contributed by atoms with Crippen molar-refractivity contribution in [3.05, 3.63) is 51.3 Å². The van der Waals surface area contributed by atoms with Gasteiger partial charge < -0.3 is 5.11 Å². The van der Waals surface area contributed by atoms with Crippen LogP contribution in [-0.2, 0) is 12.6 Å². The van der Waals surface area contributed by atoms with Crippen molar-refractivity contribution in [1.82, 2.24) is 9.78 Å². The number of aromatic carboxylic acids is 1. The summed E-state index contributed by atoms with van der Waals surface area (Å²) in [6.07, 6.45) is -3.88. The standard InChI is InChI=1S/C14H12F3N3O4/c1-2-3-10-11(20(23)24)12(13(21)22)19(18-10)9-6-4-8(5-7-9)14(15,16)17/h4-7H,2-3H2,1H3,(H,21,22). The molecule has 2 aromatic rings. The van der Waals surface area contributed by atoms with Crippen LogP contribution in [-0.4, -0.2) is 25.8 Å². The van der Waals surface area contributed by atoms with Crippen LogP contribution < -0.4 is 0 Å². The van der Waals surface area contributed by atoms with E-state index < -0.39 is 34.0 Å². The van der Waals surface area contributed by atoms with Crippen LogP contribution in [0.4, 0.5) is 18.9 Å². The first-order valence-corrected chi connectivity index (χ1v) is 6.84. The molecule has 0 saturated heterocycles. The lowest BCUT2D eigenvalue weighted by atomic mass is 10.2. The van der Waals surface area contributed by atoms with Crippen LogP contribution in [0.2, 0.25) is 0 Å². The fourth-order valence-electron chi connectivity index (χ4n) is 2.22. The van der Waals surface area contributed by atoms with E-state index in [2.05, 4.69) is 5.10 Å². The van der Waals surface area contributed by atoms with Gasteiger partial charge in [0.15, 0.2) is 0 Å². The minimum Gasteiger partial charge on any atom is -0.476 e. The number of hydrogen-bond acceptors (Lipinski definition) is 4. The number of aryl methyl sites for hydroxylation is 1. The summed E-state index contributed by atoms with van der Waals surface area (Å²) in [4.78, 5) is 21.8. The molecule has 1 aromatic carbocycles. The maximum Gasteiger partial charge on any atom is 0.416 e. The van der Waals surface area contributed by atoms with Crippen LogP contribution in [0.25, 0.3) is 5.69 Å². The first-order chi connectivity index (χ1) is 11.2. The number of carboxylic acid groups (broad SMARTS) is 1. The summed E-state index contributed by atoms with van der Waals surface area (Å²) in [6, 6.07) is 3.55. The summed E-state index contributed by atoms with van der Waals surface area (Å²) in [5.41, 5.74) is -2.29. The Morgan fingerprint density at radius 1 is 1.33 bits per heavy atom. The van der Waals surface area contributed by atoms with Crippen molar-refractivity contribution in [3.8, 4) is 5.69 Å². The summed E-state index contributed by atoms with van der Waals surface area (Å²) in [5.74, 6) is -1.59. The molecule has 0 unspecified atom stereocenters. The van der Waals surface area contributed by atoms with Crippen molar-refractivity contribution >= 4 is 11.7 Å². The lowest BCUT2D eigenvalue weighted by Crippen LogP contribution is -2.11. The zero-order valence-electron chi connectivity index (χ0n) is 12.4. The van der Waals surface area contributed by atoms with E-state index in [1.807, 2.05) is 0 Å². The van der Waals surface area contributed by atoms with Gasteiger partial charge in [0.2, 0.25) is 5.69 Å². The van der Waals surface area contributed by atoms with E-state index >= 15 is 0 Å². The average molecular weight is 343 g/mol. The van der Waals surface area contributed by atoms with Crippen LogP contribution >= 0.6 is 0 Å². The Morgan fingerprint density at radius 2 is 1.92 bits per heavy atom. The number of nitrogens with zero attached hydrogens (tertiary/aromatic N) is 3. The van der Waals surface area contributed by atoms with Gasteiger partial charge in [-0.25, -0.2) is 9.48 Å². The van der Waals surface area contributed by atoms with Crippen LogP contribution in [0.1, 0.15) is 35.1 Å². The Hall–Kier alpha value is -2.91. The van der Waals surface area contributed by atoms with Crippen LogP contribution in [0.15, 0.2) is 24.3 Å². The molecule has 2 rings (SSSR count). The van der Waals surface area contributed by atoms with E-state index in [-0.39, 0.29) is 17.8 Å². The SMILES string of the molecule is CCCc1nn(-c2ccc(C(F)(F)F)cc2)c(C(=O)O)c1[N+](=O)[O-]. The highest BCUT2D eigenvalue weighted by Gasteiger charge is 2.33. The summed E-state index contributed by atoms with van der Waals surface area (Å²) in [5, 5.41) is 24.4. The molecule has 0 amide bonds. The quantitative estimate of drug-likeness (QED) is 0.662. The molecule has 0 aliphatic rings. The van der Waals surface area contributed by atoms with E-state index in [1.165, 1.54) is 0 Å². The average Bonchev–Trinajstić information content (AvgIpc) is 2.86. The largest absolute Gasteiger partial charge is 0.476 e. The van der Waals surface area contributed by atoms with Gasteiger partial charge in [-0.05, 0) is 30.7 Å². The Balaban J connectivity index is 2.63. The lowest BCUT2D eigenvalue weighted by molar-refractivity contribution is -0.385. The fraction of sp³-hybridized carbons (Fsp3) is 0.286. The molecule has 0 fully saturated rings. The Labute approximate surface area is 133 Å². The van der Waals surface area contributed by atoms with E-state index in [1.54, 1.807) is 6.92 Å². The molecule has 1 N–H and O–H groups in total. The maximum atomic E-state index is 12.6. The van der Waals surface area contributed by atoms with Gasteiger partial charge in [0.05, 0.1) is 16.2 Å². The molecule has 7 nitrogen and oxygen atoms in total. The first-order valence-electron chi connectivity index (χ1n) is 6.84. The van der Waals surface area contributed by atoms with Gasteiger partial charge in [-0.15, -0.1) is 0 Å². The van der Waals surface area contributed by atoms with Gasteiger partial charge in [-0.3, -0.25) is 10.1 Å². The van der Waals surface area contributed by atoms with E-state index in [9.17, 15) is 33.2 Å². The van der Waals surface area contributed by atoms with Gasteiger partial charge >= 0.3 is 17.8 Å². The monoisotopic (exact) mass is 343 g/mol. The Morgan fingerprint density at radius 3 is 2.33 bits per heavy atom. The van der Waals surface area contributed by atoms with Gasteiger partial charge in [0.25, 0.3) is 0 Å². The number of rotatable bonds is 5. The van der Waals surface area contributed by atoms with Gasteiger partial charge in [-0.1, -0.05) is 13.3 Å². The van der Waals surface area contributed by atoms with Crippen molar-refractivity contribution in [2.24, 2.45) is 0 Å². The fourth-order valence-corrected chi connectivity index (χ4v) is 2.22. The van der Waals surface area contributed by atoms with Gasteiger partial charge in [0, 0.05) is 0 Å². The van der Waals surface area contributed by atoms with Crippen LogP contribution in [0, 0.1) is 10.1 Å². The Bertz CT molecular complexity index is 782. The molecule has 0 bridgehead atoms. The normalized spacial score (nSPS) is 11.5. The van der Waals surface area contributed by atoms with Crippen molar-refractivity contribution in [2.75, 3.05) is 0 Å². The maximum absolute atomic E-state index is 12.6. The topological polar surface area (TPSA) is 98.3 Å².